The number of para-hydroxylation sites is 1. The second kappa shape index (κ2) is 28.1. The Hall–Kier alpha value is -5.66. The molecule has 17 nitrogen and oxygen atoms in total. The average Bonchev–Trinajstić information content (AvgIpc) is 3.68. The molecule has 1 aliphatic rings. The zero-order valence-corrected chi connectivity index (χ0v) is 43.5. The monoisotopic (exact) mass is 963 g/mol. The molecule has 1 aromatic heterocycles. The predicted molar refractivity (Wildman–Crippen MR) is 265 cm³/mol. The van der Waals surface area contributed by atoms with Gasteiger partial charge in [-0.05, 0) is 62.0 Å². The maximum absolute atomic E-state index is 15.0. The Morgan fingerprint density at radius 2 is 1.26 bits per heavy atom. The first-order valence-electron chi connectivity index (χ1n) is 25.1. The molecule has 3 N–H and O–H groups in total. The summed E-state index contributed by atoms with van der Waals surface area (Å²) in [5.74, 6) is -4.84. The number of aromatic nitrogens is 1. The van der Waals surface area contributed by atoms with E-state index in [1.165, 1.54) is 49.9 Å². The minimum absolute atomic E-state index is 0.000992. The molecule has 8 atom stereocenters. The van der Waals surface area contributed by atoms with Gasteiger partial charge in [0.05, 0.1) is 11.6 Å². The van der Waals surface area contributed by atoms with Crippen molar-refractivity contribution in [1.82, 2.24) is 35.4 Å². The number of carbonyl (C=O) groups is 7. The molecule has 0 bridgehead atoms. The first-order chi connectivity index (χ1) is 32.7. The molecule has 1 saturated heterocycles. The van der Waals surface area contributed by atoms with E-state index in [0.717, 1.165) is 49.4 Å². The third-order valence-corrected chi connectivity index (χ3v) is 13.2. The van der Waals surface area contributed by atoms with E-state index in [1.807, 2.05) is 65.0 Å². The molecule has 0 saturated carbocycles. The number of esters is 1. The number of amides is 6. The zero-order valence-electron chi connectivity index (χ0n) is 43.5. The molecule has 0 aliphatic carbocycles. The van der Waals surface area contributed by atoms with Crippen LogP contribution in [-0.2, 0) is 44.7 Å². The minimum atomic E-state index is -1.49. The molecule has 3 rings (SSSR count). The number of nitrogens with zero attached hydrogens (tertiary/aromatic N) is 5. The highest BCUT2D eigenvalue weighted by Crippen LogP contribution is 2.25. The van der Waals surface area contributed by atoms with Crippen LogP contribution < -0.4 is 20.8 Å². The zero-order chi connectivity index (χ0) is 51.5. The van der Waals surface area contributed by atoms with Gasteiger partial charge in [0.1, 0.15) is 43.4 Å². The summed E-state index contributed by atoms with van der Waals surface area (Å²) in [5, 5.41) is 19.1. The topological polar surface area (TPSA) is 212 Å². The molecule has 0 unspecified atom stereocenters. The highest BCUT2D eigenvalue weighted by atomic mass is 16.6. The van der Waals surface area contributed by atoms with Crippen LogP contribution in [0.2, 0.25) is 0 Å². The van der Waals surface area contributed by atoms with Crippen molar-refractivity contribution < 1.29 is 43.1 Å². The van der Waals surface area contributed by atoms with Gasteiger partial charge in [0, 0.05) is 52.0 Å². The van der Waals surface area contributed by atoms with Crippen LogP contribution in [0.15, 0.2) is 30.5 Å². The van der Waals surface area contributed by atoms with E-state index < -0.39 is 83.8 Å². The van der Waals surface area contributed by atoms with Crippen molar-refractivity contribution >= 4 is 52.3 Å². The number of unbranched alkanes of at least 4 members (excludes halogenated alkanes) is 4. The minimum Gasteiger partial charge on any atom is -0.451 e. The second-order valence-corrected chi connectivity index (χ2v) is 19.8. The van der Waals surface area contributed by atoms with Gasteiger partial charge in [-0.25, -0.2) is 4.79 Å². The number of likely N-dealkylation sites (N-methyl/N-ethyl adjacent to an activating group) is 3. The van der Waals surface area contributed by atoms with Crippen LogP contribution in [0.3, 0.4) is 0 Å². The lowest BCUT2D eigenvalue weighted by atomic mass is 9.94. The molecule has 1 aromatic carbocycles. The van der Waals surface area contributed by atoms with Crippen molar-refractivity contribution in [3.8, 4) is 6.07 Å². The summed E-state index contributed by atoms with van der Waals surface area (Å²) in [6.07, 6.45) is 6.50. The van der Waals surface area contributed by atoms with Gasteiger partial charge in [0.25, 0.3) is 5.91 Å². The number of hydrogen-bond acceptors (Lipinski definition) is 10. The molecule has 0 radical (unpaired) electrons. The molecule has 69 heavy (non-hydrogen) atoms. The summed E-state index contributed by atoms with van der Waals surface area (Å²) in [7, 11) is 5.95. The van der Waals surface area contributed by atoms with E-state index in [0.29, 0.717) is 12.0 Å². The number of fused-ring (bicyclic) bond motifs is 1. The average molecular weight is 963 g/mol. The van der Waals surface area contributed by atoms with Crippen LogP contribution in [0.25, 0.3) is 10.9 Å². The Morgan fingerprint density at radius 1 is 0.696 bits per heavy atom. The molecule has 17 heteroatoms. The molecule has 2 heterocycles. The van der Waals surface area contributed by atoms with E-state index in [4.69, 9.17) is 9.57 Å². The SMILES string of the molecule is CCCCCC[C@@H]1NC(=O)[C@H](Cc2cn(OC)c3ccccc23)N(C)C(=O)[C@H](CC(C)C)NC(=O)[C@H](CC(C)C)N(C)C(=O)[C@H](C[C@H](C)CCCC)NC(=O)[C@@H](CCC#N)OC(=O)[C@H](C)N(C)C1=O. The predicted octanol–water partition coefficient (Wildman–Crippen LogP) is 5.71. The van der Waals surface area contributed by atoms with E-state index >= 15 is 4.79 Å². The van der Waals surface area contributed by atoms with Crippen molar-refractivity contribution in [1.29, 1.82) is 5.26 Å². The van der Waals surface area contributed by atoms with Crippen LogP contribution in [-0.4, -0.2) is 131 Å². The number of hydrogen-bond donors (Lipinski definition) is 3. The molecule has 1 fully saturated rings. The second-order valence-electron chi connectivity index (χ2n) is 19.8. The van der Waals surface area contributed by atoms with Gasteiger partial charge in [-0.15, -0.1) is 0 Å². The van der Waals surface area contributed by atoms with E-state index in [9.17, 15) is 34.0 Å². The molecule has 6 amide bonds. The molecular formula is C52H82N8O9. The summed E-state index contributed by atoms with van der Waals surface area (Å²) >= 11 is 0. The first kappa shape index (κ1) is 57.7. The van der Waals surface area contributed by atoms with E-state index in [-0.39, 0.29) is 62.7 Å². The maximum atomic E-state index is 15.0. The van der Waals surface area contributed by atoms with Crippen molar-refractivity contribution in [3.63, 3.8) is 0 Å². The maximum Gasteiger partial charge on any atom is 0.329 e. The third kappa shape index (κ3) is 16.5. The van der Waals surface area contributed by atoms with Gasteiger partial charge in [-0.2, -0.15) is 9.99 Å². The van der Waals surface area contributed by atoms with Crippen LogP contribution in [0.5, 0.6) is 0 Å². The van der Waals surface area contributed by atoms with Crippen LogP contribution in [0.1, 0.15) is 144 Å². The molecule has 0 spiro atoms. The summed E-state index contributed by atoms with van der Waals surface area (Å²) in [5.41, 5.74) is 1.43. The van der Waals surface area contributed by atoms with Crippen molar-refractivity contribution in [2.75, 3.05) is 28.3 Å². The van der Waals surface area contributed by atoms with Gasteiger partial charge in [-0.3, -0.25) is 28.8 Å². The Balaban J connectivity index is 2.30. The smallest absolute Gasteiger partial charge is 0.329 e. The molecule has 2 aromatic rings. The summed E-state index contributed by atoms with van der Waals surface area (Å²) in [4.78, 5) is 112. The Bertz CT molecular complexity index is 2080. The Kier molecular flexibility index (Phi) is 23.5. The summed E-state index contributed by atoms with van der Waals surface area (Å²) < 4.78 is 7.38. The lowest BCUT2D eigenvalue weighted by Gasteiger charge is -2.35. The lowest BCUT2D eigenvalue weighted by Crippen LogP contribution is -2.60. The van der Waals surface area contributed by atoms with Crippen molar-refractivity contribution in [2.45, 2.75) is 188 Å². The Labute approximate surface area is 410 Å². The van der Waals surface area contributed by atoms with Gasteiger partial charge in [0.15, 0.2) is 6.10 Å². The summed E-state index contributed by atoms with van der Waals surface area (Å²) in [6.45, 7) is 15.2. The normalized spacial score (nSPS) is 23.6. The lowest BCUT2D eigenvalue weighted by molar-refractivity contribution is -0.163. The fourth-order valence-electron chi connectivity index (χ4n) is 8.92. The van der Waals surface area contributed by atoms with Gasteiger partial charge >= 0.3 is 5.97 Å². The summed E-state index contributed by atoms with van der Waals surface area (Å²) in [6, 6.07) is 2.54. The van der Waals surface area contributed by atoms with E-state index in [1.54, 1.807) is 10.9 Å². The third-order valence-electron chi connectivity index (χ3n) is 13.2. The van der Waals surface area contributed by atoms with Gasteiger partial charge in [0.2, 0.25) is 29.5 Å². The fraction of sp³-hybridized carbons (Fsp3) is 0.692. The molecule has 1 aliphatic heterocycles. The van der Waals surface area contributed by atoms with E-state index in [2.05, 4.69) is 29.8 Å². The van der Waals surface area contributed by atoms with Crippen LogP contribution in [0, 0.1) is 29.1 Å². The van der Waals surface area contributed by atoms with Crippen LogP contribution >= 0.6 is 0 Å². The number of nitrogens with one attached hydrogen (secondary N) is 3. The standard InChI is InChI=1S/C52H82N8O9/c1-13-15-17-18-24-39-49(64)57(9)36(8)52(67)69-45(26-21-27-53)48(63)56-41(30-35(7)22-16-14-2)51(66)58(10)43(29-34(5)6)46(61)55-40(28-33(3)4)50(65)59(11)44(47(62)54-39)31-37-32-60(68-12)42-25-20-19-23-38(37)42/h19-20,23,25,32-36,39-41,43-45H,13-18,21-22,24,26,28-31H2,1-12H3,(H,54,62)(H,55,61)(H,56,63)/t35-,36+,39+,40+,41+,43+,44+,45-/m1/s1. The fourth-order valence-corrected chi connectivity index (χ4v) is 8.92. The number of ether oxygens (including phenoxy) is 1. The quantitative estimate of drug-likeness (QED) is 0.115. The number of rotatable bonds is 19. The largest absolute Gasteiger partial charge is 0.451 e. The molecular weight excluding hydrogens is 881 g/mol. The highest BCUT2D eigenvalue weighted by Gasteiger charge is 2.40. The Morgan fingerprint density at radius 3 is 1.87 bits per heavy atom. The number of nitriles is 1. The molecule has 384 valence electrons. The van der Waals surface area contributed by atoms with Crippen molar-refractivity contribution in [3.05, 3.63) is 36.0 Å². The number of benzene rings is 1. The highest BCUT2D eigenvalue weighted by molar-refractivity contribution is 5.98. The first-order valence-corrected chi connectivity index (χ1v) is 25.1. The van der Waals surface area contributed by atoms with Gasteiger partial charge < -0.3 is 40.2 Å². The number of carbonyl (C=O) groups excluding carboxylic acids is 7. The van der Waals surface area contributed by atoms with Crippen LogP contribution in [0.4, 0.5) is 0 Å². The number of cyclic esters (lactones) is 1. The van der Waals surface area contributed by atoms with Crippen molar-refractivity contribution in [2.24, 2.45) is 17.8 Å². The van der Waals surface area contributed by atoms with Gasteiger partial charge in [-0.1, -0.05) is 112 Å².